The Bertz CT molecular complexity index is 621. The standard InChI is InChI=1S/C15H12Cl2F3N/c16-12-6-3-7-13(17)10(12)8-14(21)9-4-1-2-5-11(9)15(18,19)20/h1-7,14H,8,21H2. The minimum Gasteiger partial charge on any atom is -0.324 e. The predicted octanol–water partition coefficient (Wildman–Crippen LogP) is 5.25. The van der Waals surface area contributed by atoms with Gasteiger partial charge in [-0.2, -0.15) is 13.2 Å². The summed E-state index contributed by atoms with van der Waals surface area (Å²) in [5, 5.41) is 0.782. The molecule has 0 saturated heterocycles. The minimum absolute atomic E-state index is 0.0287. The third-order valence-corrected chi connectivity index (χ3v) is 3.86. The second kappa shape index (κ2) is 6.26. The molecule has 2 aromatic carbocycles. The van der Waals surface area contributed by atoms with Crippen LogP contribution in [0.5, 0.6) is 0 Å². The van der Waals surface area contributed by atoms with Gasteiger partial charge in [0, 0.05) is 16.1 Å². The Balaban J connectivity index is 2.36. The van der Waals surface area contributed by atoms with Crippen LogP contribution in [0.4, 0.5) is 13.2 Å². The molecule has 0 spiro atoms. The van der Waals surface area contributed by atoms with Gasteiger partial charge in [-0.15, -0.1) is 0 Å². The van der Waals surface area contributed by atoms with E-state index in [-0.39, 0.29) is 12.0 Å². The second-order valence-corrected chi connectivity index (χ2v) is 5.41. The van der Waals surface area contributed by atoms with Crippen molar-refractivity contribution in [1.82, 2.24) is 0 Å². The van der Waals surface area contributed by atoms with Crippen molar-refractivity contribution >= 4 is 23.2 Å². The van der Waals surface area contributed by atoms with Gasteiger partial charge in [0.15, 0.2) is 0 Å². The molecule has 0 aliphatic rings. The first-order valence-corrected chi connectivity index (χ1v) is 6.91. The van der Waals surface area contributed by atoms with Crippen LogP contribution in [-0.4, -0.2) is 0 Å². The Morgan fingerprint density at radius 3 is 2.10 bits per heavy atom. The van der Waals surface area contributed by atoms with Crippen molar-refractivity contribution in [3.63, 3.8) is 0 Å². The smallest absolute Gasteiger partial charge is 0.324 e. The van der Waals surface area contributed by atoms with Gasteiger partial charge in [0.2, 0.25) is 0 Å². The molecule has 0 aliphatic carbocycles. The largest absolute Gasteiger partial charge is 0.416 e. The summed E-state index contributed by atoms with van der Waals surface area (Å²) in [6, 6.07) is 9.33. The summed E-state index contributed by atoms with van der Waals surface area (Å²) in [4.78, 5) is 0. The average molecular weight is 334 g/mol. The highest BCUT2D eigenvalue weighted by molar-refractivity contribution is 6.36. The van der Waals surface area contributed by atoms with Gasteiger partial charge >= 0.3 is 6.18 Å². The number of nitrogens with two attached hydrogens (primary N) is 1. The van der Waals surface area contributed by atoms with E-state index in [0.717, 1.165) is 6.07 Å². The van der Waals surface area contributed by atoms with E-state index in [4.69, 9.17) is 28.9 Å². The maximum absolute atomic E-state index is 13.0. The lowest BCUT2D eigenvalue weighted by Gasteiger charge is -2.19. The molecule has 1 unspecified atom stereocenters. The molecule has 2 rings (SSSR count). The summed E-state index contributed by atoms with van der Waals surface area (Å²) in [6.45, 7) is 0. The zero-order valence-electron chi connectivity index (χ0n) is 10.8. The van der Waals surface area contributed by atoms with E-state index in [2.05, 4.69) is 0 Å². The number of alkyl halides is 3. The maximum atomic E-state index is 13.0. The van der Waals surface area contributed by atoms with Crippen LogP contribution in [0.25, 0.3) is 0 Å². The topological polar surface area (TPSA) is 26.0 Å². The molecule has 2 aromatic rings. The molecule has 1 nitrogen and oxygen atoms in total. The highest BCUT2D eigenvalue weighted by atomic mass is 35.5. The Morgan fingerprint density at radius 1 is 0.952 bits per heavy atom. The first-order chi connectivity index (χ1) is 9.80. The van der Waals surface area contributed by atoms with Gasteiger partial charge in [-0.3, -0.25) is 0 Å². The first kappa shape index (κ1) is 16.1. The van der Waals surface area contributed by atoms with Crippen molar-refractivity contribution in [2.75, 3.05) is 0 Å². The van der Waals surface area contributed by atoms with Crippen LogP contribution in [0.2, 0.25) is 10.0 Å². The summed E-state index contributed by atoms with van der Waals surface area (Å²) in [6.07, 6.45) is -4.32. The van der Waals surface area contributed by atoms with Crippen molar-refractivity contribution in [2.24, 2.45) is 5.73 Å². The Hall–Kier alpha value is -1.23. The zero-order valence-corrected chi connectivity index (χ0v) is 12.3. The van der Waals surface area contributed by atoms with Crippen molar-refractivity contribution < 1.29 is 13.2 Å². The molecule has 0 aliphatic heterocycles. The molecule has 0 radical (unpaired) electrons. The molecule has 6 heteroatoms. The molecule has 0 fully saturated rings. The molecule has 0 amide bonds. The van der Waals surface area contributed by atoms with Crippen LogP contribution in [0, 0.1) is 0 Å². The van der Waals surface area contributed by atoms with Gasteiger partial charge in [-0.05, 0) is 35.7 Å². The summed E-state index contributed by atoms with van der Waals surface area (Å²) in [5.74, 6) is 0. The number of benzene rings is 2. The van der Waals surface area contributed by atoms with Crippen LogP contribution >= 0.6 is 23.2 Å². The van der Waals surface area contributed by atoms with Gasteiger partial charge in [-0.25, -0.2) is 0 Å². The zero-order chi connectivity index (χ0) is 15.6. The molecule has 112 valence electrons. The first-order valence-electron chi connectivity index (χ1n) is 6.15. The van der Waals surface area contributed by atoms with E-state index < -0.39 is 17.8 Å². The fraction of sp³-hybridized carbons (Fsp3) is 0.200. The van der Waals surface area contributed by atoms with Crippen molar-refractivity contribution in [1.29, 1.82) is 0 Å². The van der Waals surface area contributed by atoms with E-state index in [0.29, 0.717) is 15.6 Å². The Labute approximate surface area is 130 Å². The quantitative estimate of drug-likeness (QED) is 0.815. The molecule has 0 aromatic heterocycles. The van der Waals surface area contributed by atoms with Crippen LogP contribution in [0.3, 0.4) is 0 Å². The van der Waals surface area contributed by atoms with Crippen LogP contribution in [0.1, 0.15) is 22.7 Å². The SMILES string of the molecule is NC(Cc1c(Cl)cccc1Cl)c1ccccc1C(F)(F)F. The van der Waals surface area contributed by atoms with Gasteiger partial charge < -0.3 is 5.73 Å². The monoisotopic (exact) mass is 333 g/mol. The van der Waals surface area contributed by atoms with Crippen molar-refractivity contribution in [3.05, 3.63) is 69.2 Å². The second-order valence-electron chi connectivity index (χ2n) is 4.60. The fourth-order valence-corrected chi connectivity index (χ4v) is 2.69. The number of halogens is 5. The molecule has 1 atom stereocenters. The summed E-state index contributed by atoms with van der Waals surface area (Å²) < 4.78 is 39.0. The van der Waals surface area contributed by atoms with Crippen molar-refractivity contribution in [3.8, 4) is 0 Å². The number of hydrogen-bond donors (Lipinski definition) is 1. The Morgan fingerprint density at radius 2 is 1.52 bits per heavy atom. The highest BCUT2D eigenvalue weighted by Gasteiger charge is 2.34. The molecule has 0 heterocycles. The van der Waals surface area contributed by atoms with Gasteiger partial charge in [0.05, 0.1) is 5.56 Å². The molecular formula is C15H12Cl2F3N. The van der Waals surface area contributed by atoms with Gasteiger partial charge in [-0.1, -0.05) is 47.5 Å². The summed E-state index contributed by atoms with van der Waals surface area (Å²) in [5.41, 5.74) is 5.78. The number of hydrogen-bond acceptors (Lipinski definition) is 1. The van der Waals surface area contributed by atoms with Crippen LogP contribution in [-0.2, 0) is 12.6 Å². The molecule has 0 saturated carbocycles. The molecule has 0 bridgehead atoms. The van der Waals surface area contributed by atoms with E-state index in [1.165, 1.54) is 18.2 Å². The van der Waals surface area contributed by atoms with Crippen molar-refractivity contribution in [2.45, 2.75) is 18.6 Å². The lowest BCUT2D eigenvalue weighted by molar-refractivity contribution is -0.138. The van der Waals surface area contributed by atoms with Gasteiger partial charge in [0.1, 0.15) is 0 Å². The maximum Gasteiger partial charge on any atom is 0.416 e. The predicted molar refractivity (Wildman–Crippen MR) is 78.5 cm³/mol. The third kappa shape index (κ3) is 3.70. The van der Waals surface area contributed by atoms with Crippen LogP contribution < -0.4 is 5.73 Å². The Kier molecular flexibility index (Phi) is 4.81. The lowest BCUT2D eigenvalue weighted by Crippen LogP contribution is -2.19. The lowest BCUT2D eigenvalue weighted by atomic mass is 9.95. The summed E-state index contributed by atoms with van der Waals surface area (Å²) in [7, 11) is 0. The van der Waals surface area contributed by atoms with Gasteiger partial charge in [0.25, 0.3) is 0 Å². The van der Waals surface area contributed by atoms with E-state index in [1.807, 2.05) is 0 Å². The molecule has 21 heavy (non-hydrogen) atoms. The number of rotatable bonds is 3. The summed E-state index contributed by atoms with van der Waals surface area (Å²) >= 11 is 12.1. The van der Waals surface area contributed by atoms with Crippen LogP contribution in [0.15, 0.2) is 42.5 Å². The van der Waals surface area contributed by atoms with E-state index in [9.17, 15) is 13.2 Å². The fourth-order valence-electron chi connectivity index (χ4n) is 2.14. The average Bonchev–Trinajstić information content (AvgIpc) is 2.42. The van der Waals surface area contributed by atoms with E-state index in [1.54, 1.807) is 18.2 Å². The molecular weight excluding hydrogens is 322 g/mol. The molecule has 2 N–H and O–H groups in total. The minimum atomic E-state index is -4.45. The van der Waals surface area contributed by atoms with E-state index >= 15 is 0 Å². The third-order valence-electron chi connectivity index (χ3n) is 3.15. The highest BCUT2D eigenvalue weighted by Crippen LogP contribution is 2.36. The normalized spacial score (nSPS) is 13.2.